The maximum atomic E-state index is 12.7. The van der Waals surface area contributed by atoms with E-state index in [1.165, 1.54) is 6.07 Å². The number of alkyl halides is 3. The average Bonchev–Trinajstić information content (AvgIpc) is 3.12. The van der Waals surface area contributed by atoms with E-state index >= 15 is 0 Å². The van der Waals surface area contributed by atoms with Gasteiger partial charge in [-0.3, -0.25) is 9.69 Å². The van der Waals surface area contributed by atoms with Crippen LogP contribution in [0.25, 0.3) is 10.9 Å². The molecule has 29 heavy (non-hydrogen) atoms. The van der Waals surface area contributed by atoms with E-state index in [1.54, 1.807) is 6.20 Å². The normalized spacial score (nSPS) is 16.9. The number of aliphatic carboxylic acids is 1. The van der Waals surface area contributed by atoms with Gasteiger partial charge in [0.15, 0.2) is 0 Å². The molecule has 2 N–H and O–H groups in total. The van der Waals surface area contributed by atoms with Crippen molar-refractivity contribution >= 4 is 22.7 Å². The highest BCUT2D eigenvalue weighted by atomic mass is 19.4. The highest BCUT2D eigenvalue weighted by molar-refractivity contribution is 5.89. The predicted molar refractivity (Wildman–Crippen MR) is 102 cm³/mol. The second-order valence-corrected chi connectivity index (χ2v) is 6.96. The van der Waals surface area contributed by atoms with E-state index in [9.17, 15) is 23.1 Å². The molecule has 152 valence electrons. The quantitative estimate of drug-likeness (QED) is 0.696. The van der Waals surface area contributed by atoms with E-state index in [-0.39, 0.29) is 0 Å². The molecule has 3 heterocycles. The average molecular weight is 404 g/mol. The molecule has 6 nitrogen and oxygen atoms in total. The summed E-state index contributed by atoms with van der Waals surface area (Å²) in [6, 6.07) is 9.11. The van der Waals surface area contributed by atoms with Gasteiger partial charge in [0.1, 0.15) is 11.9 Å². The second-order valence-electron chi connectivity index (χ2n) is 6.96. The molecule has 1 atom stereocenters. The lowest BCUT2D eigenvalue weighted by molar-refractivity contribution is -0.143. The van der Waals surface area contributed by atoms with E-state index in [2.05, 4.69) is 9.97 Å². The number of pyridine rings is 1. The predicted octanol–water partition coefficient (Wildman–Crippen LogP) is 3.53. The number of hydrogen-bond acceptors (Lipinski definition) is 4. The third-order valence-corrected chi connectivity index (χ3v) is 5.23. The Bertz CT molecular complexity index is 1010. The number of anilines is 1. The number of nitrogens with zero attached hydrogens (tertiary/aromatic N) is 3. The summed E-state index contributed by atoms with van der Waals surface area (Å²) in [5.41, 5.74) is 0.792. The molecule has 3 aromatic rings. The number of aromatic amines is 1. The van der Waals surface area contributed by atoms with Crippen molar-refractivity contribution in [2.75, 3.05) is 31.1 Å². The molecule has 0 amide bonds. The Hall–Kier alpha value is -3.07. The summed E-state index contributed by atoms with van der Waals surface area (Å²) in [5, 5.41) is 10.7. The number of carbonyl (C=O) groups is 1. The van der Waals surface area contributed by atoms with Gasteiger partial charge in [0.2, 0.25) is 0 Å². The van der Waals surface area contributed by atoms with Crippen LogP contribution in [0.1, 0.15) is 17.2 Å². The third kappa shape index (κ3) is 3.77. The lowest BCUT2D eigenvalue weighted by atomic mass is 10.0. The minimum atomic E-state index is -4.42. The third-order valence-electron chi connectivity index (χ3n) is 5.23. The fourth-order valence-corrected chi connectivity index (χ4v) is 3.76. The zero-order valence-electron chi connectivity index (χ0n) is 15.4. The molecular formula is C20H19F3N4O2. The number of carboxylic acid groups (broad SMARTS) is 1. The molecule has 1 saturated heterocycles. The first-order chi connectivity index (χ1) is 13.8. The van der Waals surface area contributed by atoms with E-state index in [0.717, 1.165) is 23.2 Å². The van der Waals surface area contributed by atoms with E-state index in [1.807, 2.05) is 34.1 Å². The SMILES string of the molecule is O=C(O)C(c1c[nH]c2ccccc12)N1CCN(c2ccc(C(F)(F)F)cn2)CC1. The highest BCUT2D eigenvalue weighted by Gasteiger charge is 2.33. The van der Waals surface area contributed by atoms with Gasteiger partial charge in [-0.15, -0.1) is 0 Å². The number of fused-ring (bicyclic) bond motifs is 1. The molecule has 4 rings (SSSR count). The van der Waals surface area contributed by atoms with Gasteiger partial charge in [0, 0.05) is 55.0 Å². The smallest absolute Gasteiger partial charge is 0.417 e. The first-order valence-electron chi connectivity index (χ1n) is 9.15. The van der Waals surface area contributed by atoms with Crippen LogP contribution in [0.5, 0.6) is 0 Å². The van der Waals surface area contributed by atoms with Crippen molar-refractivity contribution in [3.63, 3.8) is 0 Å². The Labute approximate surface area is 164 Å². The van der Waals surface area contributed by atoms with Crippen LogP contribution in [0.4, 0.5) is 19.0 Å². The van der Waals surface area contributed by atoms with Crippen LogP contribution >= 0.6 is 0 Å². The van der Waals surface area contributed by atoms with Crippen LogP contribution in [0, 0.1) is 0 Å². The largest absolute Gasteiger partial charge is 0.480 e. The van der Waals surface area contributed by atoms with Crippen molar-refractivity contribution in [2.24, 2.45) is 0 Å². The Morgan fingerprint density at radius 1 is 1.10 bits per heavy atom. The molecule has 0 saturated carbocycles. The number of hydrogen-bond donors (Lipinski definition) is 2. The van der Waals surface area contributed by atoms with Gasteiger partial charge in [0.25, 0.3) is 0 Å². The maximum absolute atomic E-state index is 12.7. The van der Waals surface area contributed by atoms with Gasteiger partial charge in [-0.05, 0) is 18.2 Å². The molecule has 1 aliphatic heterocycles. The number of para-hydroxylation sites is 1. The molecule has 9 heteroatoms. The molecule has 0 aliphatic carbocycles. The van der Waals surface area contributed by atoms with Crippen molar-refractivity contribution in [1.29, 1.82) is 0 Å². The highest BCUT2D eigenvalue weighted by Crippen LogP contribution is 2.31. The number of H-pyrrole nitrogens is 1. The number of piperazine rings is 1. The van der Waals surface area contributed by atoms with Crippen molar-refractivity contribution in [1.82, 2.24) is 14.9 Å². The first kappa shape index (κ1) is 19.3. The lowest BCUT2D eigenvalue weighted by Gasteiger charge is -2.38. The monoisotopic (exact) mass is 404 g/mol. The second kappa shape index (κ2) is 7.40. The standard InChI is InChI=1S/C20H19F3N4O2/c21-20(22,23)13-5-6-17(25-11-13)26-7-9-27(10-8-26)18(19(28)29)15-12-24-16-4-2-1-3-14(15)16/h1-6,11-12,18,24H,7-10H2,(H,28,29). The number of carboxylic acids is 1. The lowest BCUT2D eigenvalue weighted by Crippen LogP contribution is -2.49. The summed E-state index contributed by atoms with van der Waals surface area (Å²) in [5.74, 6) is -0.479. The Morgan fingerprint density at radius 2 is 1.83 bits per heavy atom. The molecular weight excluding hydrogens is 385 g/mol. The Morgan fingerprint density at radius 3 is 2.45 bits per heavy atom. The zero-order chi connectivity index (χ0) is 20.6. The van der Waals surface area contributed by atoms with Crippen LogP contribution in [0.15, 0.2) is 48.8 Å². The molecule has 1 aromatic carbocycles. The summed E-state index contributed by atoms with van der Waals surface area (Å²) < 4.78 is 38.1. The molecule has 1 fully saturated rings. The van der Waals surface area contributed by atoms with Crippen LogP contribution in [-0.2, 0) is 11.0 Å². The van der Waals surface area contributed by atoms with Crippen LogP contribution in [-0.4, -0.2) is 52.1 Å². The van der Waals surface area contributed by atoms with Crippen LogP contribution in [0.3, 0.4) is 0 Å². The molecule has 1 aliphatic rings. The topological polar surface area (TPSA) is 72.5 Å². The van der Waals surface area contributed by atoms with Crippen molar-refractivity contribution in [2.45, 2.75) is 12.2 Å². The minimum Gasteiger partial charge on any atom is -0.480 e. The molecule has 0 spiro atoms. The van der Waals surface area contributed by atoms with Gasteiger partial charge in [-0.25, -0.2) is 4.98 Å². The van der Waals surface area contributed by atoms with Crippen molar-refractivity contribution < 1.29 is 23.1 Å². The number of benzene rings is 1. The van der Waals surface area contributed by atoms with Crippen molar-refractivity contribution in [3.05, 3.63) is 59.9 Å². The molecule has 0 radical (unpaired) electrons. The van der Waals surface area contributed by atoms with Gasteiger partial charge in [-0.1, -0.05) is 18.2 Å². The van der Waals surface area contributed by atoms with E-state index in [0.29, 0.717) is 37.6 Å². The number of aromatic nitrogens is 2. The van der Waals surface area contributed by atoms with Crippen LogP contribution in [0.2, 0.25) is 0 Å². The summed E-state index contributed by atoms with van der Waals surface area (Å²) >= 11 is 0. The number of rotatable bonds is 4. The summed E-state index contributed by atoms with van der Waals surface area (Å²) in [6.45, 7) is 1.87. The summed E-state index contributed by atoms with van der Waals surface area (Å²) in [6.07, 6.45) is -1.86. The zero-order valence-corrected chi connectivity index (χ0v) is 15.4. The van der Waals surface area contributed by atoms with Crippen molar-refractivity contribution in [3.8, 4) is 0 Å². The number of nitrogens with one attached hydrogen (secondary N) is 1. The molecule has 2 aromatic heterocycles. The minimum absolute atomic E-state index is 0.455. The van der Waals surface area contributed by atoms with Gasteiger partial charge in [-0.2, -0.15) is 13.2 Å². The number of halogens is 3. The Kier molecular flexibility index (Phi) is 4.91. The first-order valence-corrected chi connectivity index (χ1v) is 9.15. The molecule has 1 unspecified atom stereocenters. The summed E-state index contributed by atoms with van der Waals surface area (Å²) in [7, 11) is 0. The van der Waals surface area contributed by atoms with E-state index in [4.69, 9.17) is 0 Å². The van der Waals surface area contributed by atoms with E-state index < -0.39 is 23.8 Å². The Balaban J connectivity index is 1.49. The fourth-order valence-electron chi connectivity index (χ4n) is 3.76. The maximum Gasteiger partial charge on any atom is 0.417 e. The van der Waals surface area contributed by atoms with Gasteiger partial charge >= 0.3 is 12.1 Å². The van der Waals surface area contributed by atoms with Crippen LogP contribution < -0.4 is 4.90 Å². The molecule has 0 bridgehead atoms. The summed E-state index contributed by atoms with van der Waals surface area (Å²) in [4.78, 5) is 22.8. The van der Waals surface area contributed by atoms with Gasteiger partial charge < -0.3 is 15.0 Å². The van der Waals surface area contributed by atoms with Gasteiger partial charge in [0.05, 0.1) is 5.56 Å². The fraction of sp³-hybridized carbons (Fsp3) is 0.300.